The Morgan fingerprint density at radius 2 is 2.21 bits per heavy atom. The number of rotatable bonds is 3. The van der Waals surface area contributed by atoms with E-state index in [2.05, 4.69) is 6.92 Å². The Kier molecular flexibility index (Phi) is 4.12. The van der Waals surface area contributed by atoms with Crippen LogP contribution >= 0.6 is 34.2 Å². The Labute approximate surface area is 101 Å². The van der Waals surface area contributed by atoms with Crippen LogP contribution in [0, 0.1) is 20.6 Å². The van der Waals surface area contributed by atoms with Crippen LogP contribution in [0.15, 0.2) is 12.1 Å². The summed E-state index contributed by atoms with van der Waals surface area (Å²) in [6, 6.07) is 3.25. The molecule has 0 aliphatic carbocycles. The van der Waals surface area contributed by atoms with Crippen LogP contribution in [0.25, 0.3) is 0 Å². The summed E-state index contributed by atoms with van der Waals surface area (Å²) < 4.78 is 0.770. The largest absolute Gasteiger partial charge is 0.275 e. The van der Waals surface area contributed by atoms with Crippen molar-refractivity contribution in [2.24, 2.45) is 0 Å². The number of nitro benzene ring substituents is 1. The molecule has 0 aliphatic heterocycles. The number of nitro groups is 1. The molecule has 14 heavy (non-hydrogen) atoms. The fraction of sp³-hybridized carbons (Fsp3) is 0.222. The Morgan fingerprint density at radius 1 is 1.57 bits per heavy atom. The topological polar surface area (TPSA) is 43.1 Å². The van der Waals surface area contributed by atoms with E-state index in [9.17, 15) is 10.1 Å². The SMILES string of the molecule is [CH2]CCc1c(Cl)cc(I)cc1[N+](=O)[O-]. The summed E-state index contributed by atoms with van der Waals surface area (Å²) in [4.78, 5) is 10.3. The maximum atomic E-state index is 10.7. The Hall–Kier alpha value is -0.360. The van der Waals surface area contributed by atoms with Gasteiger partial charge in [0.1, 0.15) is 0 Å². The first-order valence-electron chi connectivity index (χ1n) is 3.97. The normalized spacial score (nSPS) is 10.2. The second kappa shape index (κ2) is 4.93. The number of hydrogen-bond donors (Lipinski definition) is 0. The second-order valence-corrected chi connectivity index (χ2v) is 4.40. The van der Waals surface area contributed by atoms with Crippen molar-refractivity contribution in [3.8, 4) is 0 Å². The van der Waals surface area contributed by atoms with E-state index < -0.39 is 4.92 Å². The Bertz CT molecular complexity index is 368. The minimum Gasteiger partial charge on any atom is -0.258 e. The van der Waals surface area contributed by atoms with Crippen LogP contribution in [-0.4, -0.2) is 4.92 Å². The minimum absolute atomic E-state index is 0.0885. The third-order valence-electron chi connectivity index (χ3n) is 1.76. The lowest BCUT2D eigenvalue weighted by Gasteiger charge is -2.04. The molecule has 5 heteroatoms. The fourth-order valence-corrected chi connectivity index (χ4v) is 2.28. The van der Waals surface area contributed by atoms with Crippen LogP contribution in [-0.2, 0) is 6.42 Å². The van der Waals surface area contributed by atoms with Crippen LogP contribution < -0.4 is 0 Å². The number of benzene rings is 1. The van der Waals surface area contributed by atoms with Crippen molar-refractivity contribution in [2.45, 2.75) is 12.8 Å². The molecule has 0 spiro atoms. The molecule has 0 N–H and O–H groups in total. The Balaban J connectivity index is 3.28. The first-order chi connectivity index (χ1) is 6.56. The average molecular weight is 325 g/mol. The predicted octanol–water partition coefficient (Wildman–Crippen LogP) is 3.62. The lowest BCUT2D eigenvalue weighted by Crippen LogP contribution is -1.97. The van der Waals surface area contributed by atoms with Gasteiger partial charge in [-0.05, 0) is 41.5 Å². The fourth-order valence-electron chi connectivity index (χ4n) is 1.18. The van der Waals surface area contributed by atoms with E-state index in [1.54, 1.807) is 6.07 Å². The van der Waals surface area contributed by atoms with Crippen LogP contribution in [0.4, 0.5) is 5.69 Å². The molecule has 1 aromatic rings. The maximum absolute atomic E-state index is 10.7. The molecule has 0 fully saturated rings. The van der Waals surface area contributed by atoms with Gasteiger partial charge in [0.25, 0.3) is 5.69 Å². The van der Waals surface area contributed by atoms with E-state index in [-0.39, 0.29) is 5.69 Å². The number of hydrogen-bond acceptors (Lipinski definition) is 2. The minimum atomic E-state index is -0.404. The molecule has 0 atom stereocenters. The standard InChI is InChI=1S/C9H8ClINO2/c1-2-3-7-8(10)4-6(11)5-9(7)12(13)14/h4-5H,1-3H2. The van der Waals surface area contributed by atoms with Crippen LogP contribution in [0.5, 0.6) is 0 Å². The smallest absolute Gasteiger partial charge is 0.258 e. The predicted molar refractivity (Wildman–Crippen MR) is 64.5 cm³/mol. The summed E-state index contributed by atoms with van der Waals surface area (Å²) >= 11 is 7.93. The molecule has 1 radical (unpaired) electrons. The summed E-state index contributed by atoms with van der Waals surface area (Å²) in [6.07, 6.45) is 1.13. The zero-order valence-corrected chi connectivity index (χ0v) is 10.2. The van der Waals surface area contributed by atoms with E-state index in [1.165, 1.54) is 6.07 Å². The van der Waals surface area contributed by atoms with E-state index in [4.69, 9.17) is 11.6 Å². The van der Waals surface area contributed by atoms with Crippen molar-refractivity contribution in [2.75, 3.05) is 0 Å². The zero-order chi connectivity index (χ0) is 10.7. The molecule has 0 heterocycles. The molecule has 0 bridgehead atoms. The number of halogens is 2. The highest BCUT2D eigenvalue weighted by Crippen LogP contribution is 2.30. The summed E-state index contributed by atoms with van der Waals surface area (Å²) in [5, 5.41) is 11.2. The monoisotopic (exact) mass is 324 g/mol. The highest BCUT2D eigenvalue weighted by atomic mass is 127. The summed E-state index contributed by atoms with van der Waals surface area (Å²) in [5.41, 5.74) is 0.664. The van der Waals surface area contributed by atoms with Crippen molar-refractivity contribution in [1.29, 1.82) is 0 Å². The highest BCUT2D eigenvalue weighted by Gasteiger charge is 2.17. The first-order valence-corrected chi connectivity index (χ1v) is 5.43. The van der Waals surface area contributed by atoms with Gasteiger partial charge in [-0.15, -0.1) is 0 Å². The van der Waals surface area contributed by atoms with Crippen LogP contribution in [0.1, 0.15) is 12.0 Å². The molecule has 0 unspecified atom stereocenters. The number of nitrogens with zero attached hydrogens (tertiary/aromatic N) is 1. The highest BCUT2D eigenvalue weighted by molar-refractivity contribution is 14.1. The van der Waals surface area contributed by atoms with Crippen molar-refractivity contribution in [1.82, 2.24) is 0 Å². The Morgan fingerprint density at radius 3 is 2.71 bits per heavy atom. The molecule has 1 rings (SSSR count). The lowest BCUT2D eigenvalue weighted by atomic mass is 10.1. The molecule has 1 aromatic carbocycles. The van der Waals surface area contributed by atoms with Gasteiger partial charge in [0.05, 0.1) is 9.95 Å². The third kappa shape index (κ3) is 2.57. The average Bonchev–Trinajstić information content (AvgIpc) is 2.09. The molecule has 0 saturated carbocycles. The van der Waals surface area contributed by atoms with E-state index >= 15 is 0 Å². The van der Waals surface area contributed by atoms with Gasteiger partial charge in [0.15, 0.2) is 0 Å². The summed E-state index contributed by atoms with van der Waals surface area (Å²) in [5.74, 6) is 0. The van der Waals surface area contributed by atoms with Crippen molar-refractivity contribution in [3.63, 3.8) is 0 Å². The van der Waals surface area contributed by atoms with Crippen LogP contribution in [0.3, 0.4) is 0 Å². The zero-order valence-electron chi connectivity index (χ0n) is 7.30. The first kappa shape index (κ1) is 11.7. The quantitative estimate of drug-likeness (QED) is 0.484. The molecule has 0 saturated heterocycles. The van der Waals surface area contributed by atoms with Crippen molar-refractivity contribution in [3.05, 3.63) is 43.3 Å². The van der Waals surface area contributed by atoms with Crippen molar-refractivity contribution >= 4 is 39.9 Å². The molecule has 3 nitrogen and oxygen atoms in total. The second-order valence-electron chi connectivity index (χ2n) is 2.75. The molecular formula is C9H8ClINO2. The summed E-state index contributed by atoms with van der Waals surface area (Å²) in [6.45, 7) is 3.66. The van der Waals surface area contributed by atoms with Gasteiger partial charge < -0.3 is 0 Å². The molecule has 0 aromatic heterocycles. The molecular weight excluding hydrogens is 316 g/mol. The van der Waals surface area contributed by atoms with Gasteiger partial charge in [0, 0.05) is 15.2 Å². The van der Waals surface area contributed by atoms with Gasteiger partial charge in [-0.25, -0.2) is 0 Å². The molecule has 0 amide bonds. The van der Waals surface area contributed by atoms with Gasteiger partial charge >= 0.3 is 0 Å². The van der Waals surface area contributed by atoms with Gasteiger partial charge in [-0.1, -0.05) is 18.5 Å². The van der Waals surface area contributed by atoms with Gasteiger partial charge in [0.2, 0.25) is 0 Å². The van der Waals surface area contributed by atoms with E-state index in [1.807, 2.05) is 22.6 Å². The molecule has 75 valence electrons. The maximum Gasteiger partial charge on any atom is 0.275 e. The summed E-state index contributed by atoms with van der Waals surface area (Å²) in [7, 11) is 0. The van der Waals surface area contributed by atoms with E-state index in [0.29, 0.717) is 23.4 Å². The third-order valence-corrected chi connectivity index (χ3v) is 2.72. The lowest BCUT2D eigenvalue weighted by molar-refractivity contribution is -0.385. The van der Waals surface area contributed by atoms with Crippen molar-refractivity contribution < 1.29 is 4.92 Å². The van der Waals surface area contributed by atoms with Crippen LogP contribution in [0.2, 0.25) is 5.02 Å². The van der Waals surface area contributed by atoms with Gasteiger partial charge in [-0.2, -0.15) is 0 Å². The van der Waals surface area contributed by atoms with Gasteiger partial charge in [-0.3, -0.25) is 10.1 Å². The molecule has 0 aliphatic rings. The van der Waals surface area contributed by atoms with E-state index in [0.717, 1.165) is 3.57 Å².